The Morgan fingerprint density at radius 2 is 2.00 bits per heavy atom. The minimum atomic E-state index is -0.425. The van der Waals surface area contributed by atoms with Crippen molar-refractivity contribution < 1.29 is 18.7 Å². The van der Waals surface area contributed by atoms with E-state index in [0.29, 0.717) is 47.5 Å². The molecule has 0 spiro atoms. The quantitative estimate of drug-likeness (QED) is 0.630. The molecule has 0 saturated carbocycles. The predicted octanol–water partition coefficient (Wildman–Crippen LogP) is 2.07. The Hall–Kier alpha value is -2.57. The zero-order chi connectivity index (χ0) is 18.1. The molecule has 1 aromatic heterocycles. The second-order valence-corrected chi connectivity index (χ2v) is 6.47. The number of fused-ring (bicyclic) bond motifs is 1. The van der Waals surface area contributed by atoms with E-state index in [4.69, 9.17) is 4.74 Å². The van der Waals surface area contributed by atoms with Crippen molar-refractivity contribution in [3.05, 3.63) is 35.4 Å². The van der Waals surface area contributed by atoms with Crippen molar-refractivity contribution in [2.24, 2.45) is 0 Å². The van der Waals surface area contributed by atoms with Crippen molar-refractivity contribution in [2.45, 2.75) is 26.9 Å². The summed E-state index contributed by atoms with van der Waals surface area (Å²) in [5.41, 5.74) is 0.613. The van der Waals surface area contributed by atoms with Gasteiger partial charge in [-0.2, -0.15) is 4.73 Å². The van der Waals surface area contributed by atoms with Crippen molar-refractivity contribution >= 4 is 22.5 Å². The van der Waals surface area contributed by atoms with Crippen LogP contribution in [0.4, 0.5) is 10.1 Å². The van der Waals surface area contributed by atoms with Crippen molar-refractivity contribution in [2.75, 3.05) is 31.1 Å². The number of pyridine rings is 1. The number of carbonyl (C=O) groups is 1. The molecule has 0 N–H and O–H groups in total. The van der Waals surface area contributed by atoms with Gasteiger partial charge >= 0.3 is 0 Å². The van der Waals surface area contributed by atoms with Gasteiger partial charge in [0.25, 0.3) is 5.52 Å². The number of rotatable bonds is 3. The minimum absolute atomic E-state index is 0.00897. The topological polar surface area (TPSA) is 59.7 Å². The summed E-state index contributed by atoms with van der Waals surface area (Å²) in [5.74, 6) is -0.155. The first-order valence-corrected chi connectivity index (χ1v) is 8.40. The second kappa shape index (κ2) is 6.74. The van der Waals surface area contributed by atoms with Gasteiger partial charge in [-0.3, -0.25) is 4.79 Å². The number of hydrogen-bond acceptors (Lipinski definition) is 4. The first kappa shape index (κ1) is 17.3. The number of hydrogen-bond donors (Lipinski definition) is 0. The lowest BCUT2D eigenvalue weighted by atomic mass is 10.1. The Morgan fingerprint density at radius 1 is 1.32 bits per heavy atom. The molecule has 1 amide bonds. The molecule has 1 aromatic carbocycles. The molecular weight excluding hydrogens is 325 g/mol. The maximum Gasteiger partial charge on any atom is 0.268 e. The summed E-state index contributed by atoms with van der Waals surface area (Å²) in [6.45, 7) is 7.21. The summed E-state index contributed by atoms with van der Waals surface area (Å²) >= 11 is 0. The summed E-state index contributed by atoms with van der Waals surface area (Å²) in [5, 5.41) is 12.8. The van der Waals surface area contributed by atoms with Gasteiger partial charge in [0.1, 0.15) is 5.69 Å². The van der Waals surface area contributed by atoms with E-state index in [0.717, 1.165) is 0 Å². The van der Waals surface area contributed by atoms with Crippen molar-refractivity contribution in [1.29, 1.82) is 0 Å². The van der Waals surface area contributed by atoms with Crippen LogP contribution in [-0.4, -0.2) is 43.1 Å². The standard InChI is InChI=1S/C18H22FN3O3/c1-12(2)25-18-16-14(5-4-6-22(16)24)11-15(19)17(18)21-9-7-20(8-10-21)13(3)23/h4-6,11-12H,7-10H2,1-3H3. The molecule has 134 valence electrons. The fraction of sp³-hybridized carbons (Fsp3) is 0.444. The highest BCUT2D eigenvalue weighted by Crippen LogP contribution is 2.38. The number of aromatic nitrogens is 1. The zero-order valence-corrected chi connectivity index (χ0v) is 14.7. The van der Waals surface area contributed by atoms with Crippen LogP contribution in [0, 0.1) is 11.0 Å². The van der Waals surface area contributed by atoms with Crippen LogP contribution in [0.5, 0.6) is 5.75 Å². The van der Waals surface area contributed by atoms with Gasteiger partial charge in [0.2, 0.25) is 11.7 Å². The Balaban J connectivity index is 2.09. The van der Waals surface area contributed by atoms with E-state index in [9.17, 15) is 14.4 Å². The molecule has 6 nitrogen and oxygen atoms in total. The Bertz CT molecular complexity index is 802. The molecule has 1 fully saturated rings. The molecule has 1 aliphatic heterocycles. The summed E-state index contributed by atoms with van der Waals surface area (Å²) < 4.78 is 21.5. The van der Waals surface area contributed by atoms with Gasteiger partial charge in [-0.1, -0.05) is 0 Å². The molecule has 2 aromatic rings. The highest BCUT2D eigenvalue weighted by atomic mass is 19.1. The van der Waals surface area contributed by atoms with Gasteiger partial charge in [-0.15, -0.1) is 0 Å². The van der Waals surface area contributed by atoms with Gasteiger partial charge in [0, 0.05) is 39.2 Å². The van der Waals surface area contributed by atoms with Crippen molar-refractivity contribution in [1.82, 2.24) is 4.90 Å². The molecule has 7 heteroatoms. The monoisotopic (exact) mass is 347 g/mol. The summed E-state index contributed by atoms with van der Waals surface area (Å²) in [7, 11) is 0. The molecule has 2 heterocycles. The number of anilines is 1. The Kier molecular flexibility index (Phi) is 4.65. The van der Waals surface area contributed by atoms with Gasteiger partial charge in [0.15, 0.2) is 12.0 Å². The average Bonchev–Trinajstić information content (AvgIpc) is 2.54. The highest BCUT2D eigenvalue weighted by Gasteiger charge is 2.28. The van der Waals surface area contributed by atoms with Crippen LogP contribution in [0.15, 0.2) is 24.4 Å². The van der Waals surface area contributed by atoms with Gasteiger partial charge in [-0.05, 0) is 26.0 Å². The molecule has 0 atom stereocenters. The number of nitrogens with zero attached hydrogens (tertiary/aromatic N) is 3. The SMILES string of the molecule is CC(=O)N1CCN(c2c(F)cc3ccc[n+]([O-])c3c2OC(C)C)CC1. The predicted molar refractivity (Wildman–Crippen MR) is 93.1 cm³/mol. The molecule has 3 rings (SSSR count). The van der Waals surface area contributed by atoms with E-state index in [1.165, 1.54) is 19.2 Å². The third kappa shape index (κ3) is 3.31. The molecule has 1 saturated heterocycles. The van der Waals surface area contributed by atoms with Crippen molar-refractivity contribution in [3.8, 4) is 5.75 Å². The van der Waals surface area contributed by atoms with E-state index in [-0.39, 0.29) is 17.8 Å². The normalized spacial score (nSPS) is 15.1. The number of benzene rings is 1. The molecule has 25 heavy (non-hydrogen) atoms. The Labute approximate surface area is 146 Å². The largest absolute Gasteiger partial charge is 0.618 e. The Morgan fingerprint density at radius 3 is 2.60 bits per heavy atom. The van der Waals surface area contributed by atoms with Crippen LogP contribution >= 0.6 is 0 Å². The molecule has 0 aliphatic carbocycles. The van der Waals surface area contributed by atoms with Crippen LogP contribution in [0.25, 0.3) is 10.9 Å². The van der Waals surface area contributed by atoms with Gasteiger partial charge in [0.05, 0.1) is 11.5 Å². The van der Waals surface area contributed by atoms with Crippen LogP contribution in [0.2, 0.25) is 0 Å². The van der Waals surface area contributed by atoms with Crippen LogP contribution in [-0.2, 0) is 4.79 Å². The summed E-state index contributed by atoms with van der Waals surface area (Å²) in [6.07, 6.45) is 1.17. The summed E-state index contributed by atoms with van der Waals surface area (Å²) in [6, 6.07) is 4.64. The first-order valence-electron chi connectivity index (χ1n) is 8.40. The lowest BCUT2D eigenvalue weighted by Gasteiger charge is -2.36. The summed E-state index contributed by atoms with van der Waals surface area (Å²) in [4.78, 5) is 15.1. The highest BCUT2D eigenvalue weighted by molar-refractivity contribution is 5.89. The van der Waals surface area contributed by atoms with Crippen LogP contribution in [0.1, 0.15) is 20.8 Å². The smallest absolute Gasteiger partial charge is 0.268 e. The number of carbonyl (C=O) groups excluding carboxylic acids is 1. The lowest BCUT2D eigenvalue weighted by molar-refractivity contribution is -0.577. The molecular formula is C18H22FN3O3. The van der Waals surface area contributed by atoms with Crippen LogP contribution in [0.3, 0.4) is 0 Å². The van der Waals surface area contributed by atoms with E-state index >= 15 is 0 Å². The van der Waals surface area contributed by atoms with Gasteiger partial charge < -0.3 is 19.7 Å². The zero-order valence-electron chi connectivity index (χ0n) is 14.7. The number of ether oxygens (including phenoxy) is 1. The molecule has 1 aliphatic rings. The second-order valence-electron chi connectivity index (χ2n) is 6.47. The molecule has 0 unspecified atom stereocenters. The number of amides is 1. The maximum absolute atomic E-state index is 14.9. The van der Waals surface area contributed by atoms with Crippen molar-refractivity contribution in [3.63, 3.8) is 0 Å². The van der Waals surface area contributed by atoms with E-state index in [1.807, 2.05) is 18.7 Å². The van der Waals surface area contributed by atoms with E-state index in [2.05, 4.69) is 0 Å². The fourth-order valence-corrected chi connectivity index (χ4v) is 3.17. The molecule has 0 bridgehead atoms. The first-order chi connectivity index (χ1) is 11.9. The minimum Gasteiger partial charge on any atom is -0.618 e. The van der Waals surface area contributed by atoms with E-state index in [1.54, 1.807) is 17.0 Å². The third-order valence-corrected chi connectivity index (χ3v) is 4.32. The van der Waals surface area contributed by atoms with Crippen LogP contribution < -0.4 is 14.4 Å². The number of piperazine rings is 1. The van der Waals surface area contributed by atoms with Gasteiger partial charge in [-0.25, -0.2) is 4.39 Å². The van der Waals surface area contributed by atoms with E-state index < -0.39 is 5.82 Å². The third-order valence-electron chi connectivity index (χ3n) is 4.32. The molecule has 0 radical (unpaired) electrons. The fourth-order valence-electron chi connectivity index (χ4n) is 3.17. The lowest BCUT2D eigenvalue weighted by Crippen LogP contribution is -2.48. The maximum atomic E-state index is 14.9. The average molecular weight is 347 g/mol. The number of halogens is 1.